The topological polar surface area (TPSA) is 62.2 Å². The SMILES string of the molecule is CN=C(NCc1cccnc1OC)N1CCC(N2CCOCC2)C1.I. The van der Waals surface area contributed by atoms with Gasteiger partial charge in [0.2, 0.25) is 5.88 Å². The second kappa shape index (κ2) is 10.1. The summed E-state index contributed by atoms with van der Waals surface area (Å²) in [6.45, 7) is 6.49. The van der Waals surface area contributed by atoms with Crippen LogP contribution in [0.15, 0.2) is 23.3 Å². The molecule has 0 aliphatic carbocycles. The summed E-state index contributed by atoms with van der Waals surface area (Å²) in [5.74, 6) is 1.60. The monoisotopic (exact) mass is 461 g/mol. The first-order chi connectivity index (χ1) is 11.8. The number of guanidine groups is 1. The highest BCUT2D eigenvalue weighted by Crippen LogP contribution is 2.18. The van der Waals surface area contributed by atoms with E-state index in [1.807, 2.05) is 19.2 Å². The number of nitrogens with one attached hydrogen (secondary N) is 1. The molecule has 0 aromatic carbocycles. The van der Waals surface area contributed by atoms with Crippen LogP contribution in [-0.2, 0) is 11.3 Å². The fourth-order valence-corrected chi connectivity index (χ4v) is 3.42. The van der Waals surface area contributed by atoms with Crippen LogP contribution in [0.2, 0.25) is 0 Å². The maximum absolute atomic E-state index is 5.46. The zero-order chi connectivity index (χ0) is 16.8. The van der Waals surface area contributed by atoms with Crippen molar-refractivity contribution in [3.63, 3.8) is 0 Å². The van der Waals surface area contributed by atoms with E-state index in [-0.39, 0.29) is 24.0 Å². The third kappa shape index (κ3) is 5.18. The van der Waals surface area contributed by atoms with Crippen LogP contribution >= 0.6 is 24.0 Å². The van der Waals surface area contributed by atoms with Gasteiger partial charge in [-0.05, 0) is 12.5 Å². The molecule has 8 heteroatoms. The molecule has 1 atom stereocenters. The number of hydrogen-bond donors (Lipinski definition) is 1. The molecule has 1 aromatic rings. The molecule has 0 amide bonds. The van der Waals surface area contributed by atoms with Crippen LogP contribution in [0.4, 0.5) is 0 Å². The number of nitrogens with zero attached hydrogens (tertiary/aromatic N) is 4. The van der Waals surface area contributed by atoms with Crippen LogP contribution in [0.1, 0.15) is 12.0 Å². The average molecular weight is 461 g/mol. The van der Waals surface area contributed by atoms with Gasteiger partial charge in [-0.1, -0.05) is 6.07 Å². The summed E-state index contributed by atoms with van der Waals surface area (Å²) in [6, 6.07) is 4.54. The molecule has 1 N–H and O–H groups in total. The van der Waals surface area contributed by atoms with Gasteiger partial charge in [0.25, 0.3) is 0 Å². The van der Waals surface area contributed by atoms with E-state index < -0.39 is 0 Å². The van der Waals surface area contributed by atoms with Gasteiger partial charge in [-0.2, -0.15) is 0 Å². The van der Waals surface area contributed by atoms with Gasteiger partial charge >= 0.3 is 0 Å². The number of aliphatic imine (C=N–C) groups is 1. The molecule has 0 radical (unpaired) electrons. The number of aromatic nitrogens is 1. The average Bonchev–Trinajstić information content (AvgIpc) is 3.13. The number of hydrogen-bond acceptors (Lipinski definition) is 5. The Bertz CT molecular complexity index is 566. The Morgan fingerprint density at radius 2 is 2.20 bits per heavy atom. The number of methoxy groups -OCH3 is 1. The number of halogens is 1. The Balaban J connectivity index is 0.00000225. The van der Waals surface area contributed by atoms with Crippen LogP contribution in [0.5, 0.6) is 5.88 Å². The highest BCUT2D eigenvalue weighted by atomic mass is 127. The van der Waals surface area contributed by atoms with Gasteiger partial charge in [0, 0.05) is 57.6 Å². The molecule has 2 aliphatic heterocycles. The minimum absolute atomic E-state index is 0. The molecule has 2 aliphatic rings. The maximum Gasteiger partial charge on any atom is 0.218 e. The molecule has 2 fully saturated rings. The second-order valence-corrected chi connectivity index (χ2v) is 6.11. The maximum atomic E-state index is 5.46. The van der Waals surface area contributed by atoms with E-state index >= 15 is 0 Å². The van der Waals surface area contributed by atoms with Gasteiger partial charge in [0.05, 0.1) is 20.3 Å². The first kappa shape index (κ1) is 20.2. The van der Waals surface area contributed by atoms with E-state index in [4.69, 9.17) is 9.47 Å². The number of rotatable bonds is 4. The molecular formula is C17H28IN5O2. The van der Waals surface area contributed by atoms with E-state index in [9.17, 15) is 0 Å². The summed E-state index contributed by atoms with van der Waals surface area (Å²) in [5, 5.41) is 3.44. The first-order valence-corrected chi connectivity index (χ1v) is 8.57. The van der Waals surface area contributed by atoms with Gasteiger partial charge in [-0.25, -0.2) is 4.98 Å². The molecule has 7 nitrogen and oxygen atoms in total. The largest absolute Gasteiger partial charge is 0.481 e. The molecule has 0 spiro atoms. The summed E-state index contributed by atoms with van der Waals surface area (Å²) in [4.78, 5) is 13.6. The minimum atomic E-state index is 0. The first-order valence-electron chi connectivity index (χ1n) is 8.57. The van der Waals surface area contributed by atoms with Crippen LogP contribution in [0.3, 0.4) is 0 Å². The number of morpholine rings is 1. The molecule has 1 aromatic heterocycles. The van der Waals surface area contributed by atoms with Gasteiger partial charge in [0.15, 0.2) is 5.96 Å². The fourth-order valence-electron chi connectivity index (χ4n) is 3.42. The smallest absolute Gasteiger partial charge is 0.218 e. The van der Waals surface area contributed by atoms with E-state index in [0.717, 1.165) is 50.9 Å². The predicted octanol–water partition coefficient (Wildman–Crippen LogP) is 1.19. The van der Waals surface area contributed by atoms with Gasteiger partial charge in [0.1, 0.15) is 0 Å². The van der Waals surface area contributed by atoms with Crippen molar-refractivity contribution in [2.45, 2.75) is 19.0 Å². The lowest BCUT2D eigenvalue weighted by molar-refractivity contribution is 0.0195. The Morgan fingerprint density at radius 3 is 2.92 bits per heavy atom. The molecule has 3 heterocycles. The molecule has 0 bridgehead atoms. The molecule has 0 saturated carbocycles. The molecule has 2 saturated heterocycles. The van der Waals surface area contributed by atoms with E-state index in [2.05, 4.69) is 25.1 Å². The summed E-state index contributed by atoms with van der Waals surface area (Å²) in [6.07, 6.45) is 2.92. The zero-order valence-corrected chi connectivity index (χ0v) is 17.3. The van der Waals surface area contributed by atoms with Crippen LogP contribution in [0, 0.1) is 0 Å². The molecule has 140 valence electrons. The second-order valence-electron chi connectivity index (χ2n) is 6.11. The van der Waals surface area contributed by atoms with E-state index in [0.29, 0.717) is 18.5 Å². The summed E-state index contributed by atoms with van der Waals surface area (Å²) in [7, 11) is 3.49. The molecule has 3 rings (SSSR count). The fraction of sp³-hybridized carbons (Fsp3) is 0.647. The van der Waals surface area contributed by atoms with Crippen molar-refractivity contribution in [3.8, 4) is 5.88 Å². The third-order valence-electron chi connectivity index (χ3n) is 4.72. The summed E-state index contributed by atoms with van der Waals surface area (Å²) >= 11 is 0. The standard InChI is InChI=1S/C17H27N5O2.HI/c1-18-17(20-12-14-4-3-6-19-16(14)23-2)22-7-5-15(13-22)21-8-10-24-11-9-21;/h3-4,6,15H,5,7-13H2,1-2H3,(H,18,20);1H. The van der Waals surface area contributed by atoms with Gasteiger partial charge < -0.3 is 19.7 Å². The van der Waals surface area contributed by atoms with Crippen molar-refractivity contribution in [2.24, 2.45) is 4.99 Å². The van der Waals surface area contributed by atoms with Crippen LogP contribution in [-0.4, -0.2) is 80.3 Å². The minimum Gasteiger partial charge on any atom is -0.481 e. The van der Waals surface area contributed by atoms with Crippen molar-refractivity contribution >= 4 is 29.9 Å². The Hall–Kier alpha value is -1.13. The lowest BCUT2D eigenvalue weighted by Crippen LogP contribution is -2.46. The number of pyridine rings is 1. The third-order valence-corrected chi connectivity index (χ3v) is 4.72. The van der Waals surface area contributed by atoms with Gasteiger partial charge in [-0.15, -0.1) is 24.0 Å². The quantitative estimate of drug-likeness (QED) is 0.413. The lowest BCUT2D eigenvalue weighted by atomic mass is 10.2. The van der Waals surface area contributed by atoms with Gasteiger partial charge in [-0.3, -0.25) is 9.89 Å². The highest BCUT2D eigenvalue weighted by molar-refractivity contribution is 14.0. The van der Waals surface area contributed by atoms with Crippen molar-refractivity contribution < 1.29 is 9.47 Å². The van der Waals surface area contributed by atoms with Crippen LogP contribution < -0.4 is 10.1 Å². The summed E-state index contributed by atoms with van der Waals surface area (Å²) < 4.78 is 10.8. The Kier molecular flexibility index (Phi) is 8.17. The van der Waals surface area contributed by atoms with Crippen molar-refractivity contribution in [2.75, 3.05) is 53.6 Å². The number of likely N-dealkylation sites (tertiary alicyclic amines) is 1. The molecule has 25 heavy (non-hydrogen) atoms. The summed E-state index contributed by atoms with van der Waals surface area (Å²) in [5.41, 5.74) is 1.03. The normalized spacial score (nSPS) is 21.8. The van der Waals surface area contributed by atoms with E-state index in [1.54, 1.807) is 13.3 Å². The Morgan fingerprint density at radius 1 is 1.40 bits per heavy atom. The highest BCUT2D eigenvalue weighted by Gasteiger charge is 2.30. The predicted molar refractivity (Wildman–Crippen MR) is 109 cm³/mol. The lowest BCUT2D eigenvalue weighted by Gasteiger charge is -2.32. The van der Waals surface area contributed by atoms with Crippen molar-refractivity contribution in [1.82, 2.24) is 20.1 Å². The van der Waals surface area contributed by atoms with E-state index in [1.165, 1.54) is 6.42 Å². The molecule has 1 unspecified atom stereocenters. The molecular weight excluding hydrogens is 433 g/mol. The van der Waals surface area contributed by atoms with Crippen molar-refractivity contribution in [1.29, 1.82) is 0 Å². The Labute approximate surface area is 166 Å². The zero-order valence-electron chi connectivity index (χ0n) is 15.0. The van der Waals surface area contributed by atoms with Crippen molar-refractivity contribution in [3.05, 3.63) is 23.9 Å². The van der Waals surface area contributed by atoms with Crippen LogP contribution in [0.25, 0.3) is 0 Å². The number of ether oxygens (including phenoxy) is 2.